The second-order valence-electron chi connectivity index (χ2n) is 12.9. The van der Waals surface area contributed by atoms with Crippen molar-refractivity contribution in [2.24, 2.45) is 0 Å². The van der Waals surface area contributed by atoms with Crippen LogP contribution in [0.1, 0.15) is 18.9 Å². The van der Waals surface area contributed by atoms with Gasteiger partial charge in [-0.3, -0.25) is 9.97 Å². The van der Waals surface area contributed by atoms with Crippen LogP contribution in [0.5, 0.6) is 0 Å². The first-order chi connectivity index (χ1) is 23.1. The summed E-state index contributed by atoms with van der Waals surface area (Å²) in [6.45, 7) is 2.34. The third-order valence-electron chi connectivity index (χ3n) is 9.85. The number of benzene rings is 6. The number of pyridine rings is 2. The normalized spacial score (nSPS) is 16.0. The number of hydrogen-bond acceptors (Lipinski definition) is 2. The molecule has 0 saturated heterocycles. The molecular formula is C45H32N2. The van der Waals surface area contributed by atoms with Crippen LogP contribution in [-0.2, 0) is 5.41 Å². The van der Waals surface area contributed by atoms with Crippen molar-refractivity contribution < 1.29 is 0 Å². The zero-order valence-electron chi connectivity index (χ0n) is 26.2. The number of allylic oxidation sites excluding steroid dienone is 4. The Labute approximate surface area is 274 Å². The maximum Gasteiger partial charge on any atom is 0.0965 e. The van der Waals surface area contributed by atoms with Crippen molar-refractivity contribution in [2.75, 3.05) is 0 Å². The molecule has 47 heavy (non-hydrogen) atoms. The largest absolute Gasteiger partial charge is 0.253 e. The van der Waals surface area contributed by atoms with Crippen LogP contribution in [-0.4, -0.2) is 9.97 Å². The lowest BCUT2D eigenvalue weighted by atomic mass is 9.73. The number of rotatable bonds is 4. The monoisotopic (exact) mass is 600 g/mol. The van der Waals surface area contributed by atoms with E-state index in [0.717, 1.165) is 39.4 Å². The molecule has 2 heteroatoms. The summed E-state index contributed by atoms with van der Waals surface area (Å²) in [6.07, 6.45) is 13.9. The molecule has 8 aromatic rings. The average Bonchev–Trinajstić information content (AvgIpc) is 3.14. The van der Waals surface area contributed by atoms with Crippen molar-refractivity contribution in [2.45, 2.75) is 18.8 Å². The summed E-state index contributed by atoms with van der Waals surface area (Å²) < 4.78 is 0. The third-order valence-corrected chi connectivity index (χ3v) is 9.85. The van der Waals surface area contributed by atoms with Gasteiger partial charge in [-0.25, -0.2) is 0 Å². The molecule has 1 atom stereocenters. The van der Waals surface area contributed by atoms with Gasteiger partial charge in [0.15, 0.2) is 0 Å². The Kier molecular flexibility index (Phi) is 6.36. The number of fused-ring (bicyclic) bond motifs is 5. The fourth-order valence-electron chi connectivity index (χ4n) is 7.30. The molecule has 1 unspecified atom stereocenters. The summed E-state index contributed by atoms with van der Waals surface area (Å²) in [4.78, 5) is 10.2. The van der Waals surface area contributed by atoms with Gasteiger partial charge in [-0.1, -0.05) is 122 Å². The Bertz CT molecular complexity index is 2560. The minimum atomic E-state index is -0.0915. The topological polar surface area (TPSA) is 25.8 Å². The zero-order valence-corrected chi connectivity index (χ0v) is 26.2. The van der Waals surface area contributed by atoms with Crippen molar-refractivity contribution >= 4 is 43.4 Å². The lowest BCUT2D eigenvalue weighted by molar-refractivity contribution is 0.602. The molecule has 0 N–H and O–H groups in total. The number of aromatic nitrogens is 2. The number of hydrogen-bond donors (Lipinski definition) is 0. The van der Waals surface area contributed by atoms with Gasteiger partial charge >= 0.3 is 0 Å². The standard InChI is InChI=1S/C45H32N2/c1-45(20-10-3-11-21-45)42-27-34-17-9-8-16-33(34)26-41(42)38-23-36-19-18-35-22-37(28-46-43(35)44(36)47-29-38)40-25-32-15-7-6-14-31(32)24-39(40)30-12-4-2-5-13-30/h2-20,22-29H,21H2,1H3. The molecule has 2 aromatic heterocycles. The molecule has 2 nitrogen and oxygen atoms in total. The van der Waals surface area contributed by atoms with Gasteiger partial charge in [-0.2, -0.15) is 0 Å². The molecule has 222 valence electrons. The predicted octanol–water partition coefficient (Wildman–Crippen LogP) is 11.9. The molecule has 9 rings (SSSR count). The van der Waals surface area contributed by atoms with E-state index >= 15 is 0 Å². The van der Waals surface area contributed by atoms with E-state index in [9.17, 15) is 0 Å². The molecule has 0 amide bonds. The van der Waals surface area contributed by atoms with Gasteiger partial charge in [0.1, 0.15) is 0 Å². The Morgan fingerprint density at radius 2 is 0.979 bits per heavy atom. The lowest BCUT2D eigenvalue weighted by Crippen LogP contribution is -2.20. The van der Waals surface area contributed by atoms with E-state index in [2.05, 4.69) is 159 Å². The summed E-state index contributed by atoms with van der Waals surface area (Å²) in [5, 5.41) is 7.12. The second kappa shape index (κ2) is 10.9. The van der Waals surface area contributed by atoms with E-state index in [4.69, 9.17) is 9.97 Å². The minimum Gasteiger partial charge on any atom is -0.253 e. The molecule has 0 bridgehead atoms. The van der Waals surface area contributed by atoms with Gasteiger partial charge in [-0.05, 0) is 92.2 Å². The summed E-state index contributed by atoms with van der Waals surface area (Å²) in [7, 11) is 0. The van der Waals surface area contributed by atoms with Crippen LogP contribution in [0.4, 0.5) is 0 Å². The SMILES string of the molecule is CC1(c2cc3ccccc3cc2-c2cnc3c(ccc4cc(-c5cc6ccccc6cc5-c5ccccc5)cnc43)c2)C=CC=CC1. The van der Waals surface area contributed by atoms with Gasteiger partial charge in [0.05, 0.1) is 11.0 Å². The van der Waals surface area contributed by atoms with Crippen LogP contribution in [0.3, 0.4) is 0 Å². The van der Waals surface area contributed by atoms with Crippen molar-refractivity contribution in [1.29, 1.82) is 0 Å². The van der Waals surface area contributed by atoms with Crippen LogP contribution in [0.15, 0.2) is 164 Å². The maximum atomic E-state index is 5.09. The second-order valence-corrected chi connectivity index (χ2v) is 12.9. The first-order valence-electron chi connectivity index (χ1n) is 16.3. The Hall–Kier alpha value is -5.86. The van der Waals surface area contributed by atoms with Crippen LogP contribution in [0, 0.1) is 0 Å². The van der Waals surface area contributed by atoms with E-state index in [0.29, 0.717) is 0 Å². The summed E-state index contributed by atoms with van der Waals surface area (Å²) in [5.41, 5.74) is 10.1. The zero-order chi connectivity index (χ0) is 31.4. The van der Waals surface area contributed by atoms with E-state index in [1.165, 1.54) is 49.4 Å². The molecule has 1 aliphatic carbocycles. The first-order valence-corrected chi connectivity index (χ1v) is 16.3. The summed E-state index contributed by atoms with van der Waals surface area (Å²) >= 11 is 0. The van der Waals surface area contributed by atoms with E-state index < -0.39 is 0 Å². The van der Waals surface area contributed by atoms with Gasteiger partial charge < -0.3 is 0 Å². The molecular weight excluding hydrogens is 569 g/mol. The average molecular weight is 601 g/mol. The van der Waals surface area contributed by atoms with Crippen molar-refractivity contribution in [1.82, 2.24) is 9.97 Å². The Balaban J connectivity index is 1.18. The molecule has 0 fully saturated rings. The molecule has 0 spiro atoms. The highest BCUT2D eigenvalue weighted by atomic mass is 14.7. The fourth-order valence-corrected chi connectivity index (χ4v) is 7.30. The van der Waals surface area contributed by atoms with Crippen LogP contribution in [0.25, 0.3) is 76.7 Å². The molecule has 0 saturated carbocycles. The third kappa shape index (κ3) is 4.73. The first kappa shape index (κ1) is 27.5. The minimum absolute atomic E-state index is 0.0915. The van der Waals surface area contributed by atoms with E-state index in [1.54, 1.807) is 0 Å². The van der Waals surface area contributed by atoms with Gasteiger partial charge in [0.25, 0.3) is 0 Å². The summed E-state index contributed by atoms with van der Waals surface area (Å²) in [6, 6.07) is 46.1. The fraction of sp³-hybridized carbons (Fsp3) is 0.0667. The summed E-state index contributed by atoms with van der Waals surface area (Å²) in [5.74, 6) is 0. The Morgan fingerprint density at radius 3 is 1.55 bits per heavy atom. The number of nitrogens with zero attached hydrogens (tertiary/aromatic N) is 2. The highest BCUT2D eigenvalue weighted by Gasteiger charge is 2.27. The van der Waals surface area contributed by atoms with Crippen LogP contribution in [0.2, 0.25) is 0 Å². The Morgan fingerprint density at radius 1 is 0.468 bits per heavy atom. The predicted molar refractivity (Wildman–Crippen MR) is 199 cm³/mol. The van der Waals surface area contributed by atoms with E-state index in [1.807, 2.05) is 12.4 Å². The quantitative estimate of drug-likeness (QED) is 0.188. The van der Waals surface area contributed by atoms with Crippen molar-refractivity contribution in [3.05, 3.63) is 170 Å². The van der Waals surface area contributed by atoms with Gasteiger partial charge in [0.2, 0.25) is 0 Å². The molecule has 6 aromatic carbocycles. The van der Waals surface area contributed by atoms with Crippen LogP contribution >= 0.6 is 0 Å². The lowest BCUT2D eigenvalue weighted by Gasteiger charge is -2.30. The van der Waals surface area contributed by atoms with Crippen molar-refractivity contribution in [3.63, 3.8) is 0 Å². The molecule has 1 aliphatic rings. The molecule has 0 aliphatic heterocycles. The molecule has 0 radical (unpaired) electrons. The van der Waals surface area contributed by atoms with Crippen molar-refractivity contribution in [3.8, 4) is 33.4 Å². The highest BCUT2D eigenvalue weighted by Crippen LogP contribution is 2.42. The van der Waals surface area contributed by atoms with Gasteiger partial charge in [-0.15, -0.1) is 0 Å². The maximum absolute atomic E-state index is 5.09. The highest BCUT2D eigenvalue weighted by molar-refractivity contribution is 6.06. The molecule has 2 heterocycles. The van der Waals surface area contributed by atoms with E-state index in [-0.39, 0.29) is 5.41 Å². The van der Waals surface area contributed by atoms with Gasteiger partial charge in [0, 0.05) is 39.7 Å². The smallest absolute Gasteiger partial charge is 0.0965 e. The van der Waals surface area contributed by atoms with Crippen LogP contribution < -0.4 is 0 Å².